The third kappa shape index (κ3) is 4.50. The third-order valence-corrected chi connectivity index (χ3v) is 5.29. The van der Waals surface area contributed by atoms with Gasteiger partial charge in [0.2, 0.25) is 11.8 Å². The van der Waals surface area contributed by atoms with Crippen LogP contribution in [0.25, 0.3) is 0 Å². The lowest BCUT2D eigenvalue weighted by molar-refractivity contribution is -0.141. The molecule has 28 heavy (non-hydrogen) atoms. The van der Waals surface area contributed by atoms with E-state index in [-0.39, 0.29) is 30.2 Å². The van der Waals surface area contributed by atoms with Crippen molar-refractivity contribution in [2.75, 3.05) is 37.6 Å². The molecule has 1 aliphatic rings. The average molecular weight is 383 g/mol. The number of anilines is 1. The maximum atomic E-state index is 14.0. The molecule has 1 fully saturated rings. The Morgan fingerprint density at radius 1 is 1.00 bits per heavy atom. The number of rotatable bonds is 5. The van der Waals surface area contributed by atoms with Gasteiger partial charge in [0.25, 0.3) is 0 Å². The summed E-state index contributed by atoms with van der Waals surface area (Å²) in [6, 6.07) is 16.2. The van der Waals surface area contributed by atoms with Crippen LogP contribution in [0.2, 0.25) is 0 Å². The molecule has 1 aliphatic heterocycles. The Kier molecular flexibility index (Phi) is 6.29. The number of para-hydroxylation sites is 1. The Labute approximate surface area is 165 Å². The smallest absolute Gasteiger partial charge is 0.242 e. The Bertz CT molecular complexity index is 820. The van der Waals surface area contributed by atoms with Crippen LogP contribution in [0.1, 0.15) is 25.5 Å². The summed E-state index contributed by atoms with van der Waals surface area (Å²) < 4.78 is 14.0. The zero-order valence-corrected chi connectivity index (χ0v) is 16.3. The van der Waals surface area contributed by atoms with Crippen molar-refractivity contribution in [1.82, 2.24) is 9.80 Å². The van der Waals surface area contributed by atoms with Gasteiger partial charge in [-0.1, -0.05) is 42.5 Å². The Balaban J connectivity index is 1.61. The Morgan fingerprint density at radius 3 is 2.21 bits per heavy atom. The van der Waals surface area contributed by atoms with Gasteiger partial charge in [-0.25, -0.2) is 4.39 Å². The van der Waals surface area contributed by atoms with E-state index in [1.54, 1.807) is 21.9 Å². The number of nitrogens with zero attached hydrogens (tertiary/aromatic N) is 3. The highest BCUT2D eigenvalue weighted by atomic mass is 19.1. The summed E-state index contributed by atoms with van der Waals surface area (Å²) in [5.74, 6) is -0.456. The van der Waals surface area contributed by atoms with Crippen LogP contribution >= 0.6 is 0 Å². The van der Waals surface area contributed by atoms with Crippen LogP contribution in [0.4, 0.5) is 10.1 Å². The Hall–Kier alpha value is -2.89. The third-order valence-electron chi connectivity index (χ3n) is 5.29. The molecule has 2 aromatic carbocycles. The molecule has 2 amide bonds. The first kappa shape index (κ1) is 19.9. The molecule has 0 bridgehead atoms. The maximum absolute atomic E-state index is 14.0. The first-order valence-electron chi connectivity index (χ1n) is 9.57. The predicted molar refractivity (Wildman–Crippen MR) is 107 cm³/mol. The molecule has 1 unspecified atom stereocenters. The van der Waals surface area contributed by atoms with E-state index in [1.165, 1.54) is 13.0 Å². The van der Waals surface area contributed by atoms with Crippen LogP contribution in [0, 0.1) is 5.82 Å². The lowest BCUT2D eigenvalue weighted by atomic mass is 10.1. The highest BCUT2D eigenvalue weighted by Gasteiger charge is 2.27. The molecular formula is C22H26FN3O2. The first-order chi connectivity index (χ1) is 13.5. The van der Waals surface area contributed by atoms with Crippen molar-refractivity contribution in [2.45, 2.75) is 19.9 Å². The van der Waals surface area contributed by atoms with Gasteiger partial charge in [0.15, 0.2) is 0 Å². The van der Waals surface area contributed by atoms with Gasteiger partial charge in [0, 0.05) is 33.1 Å². The van der Waals surface area contributed by atoms with Crippen LogP contribution in [0.3, 0.4) is 0 Å². The molecule has 0 aliphatic carbocycles. The summed E-state index contributed by atoms with van der Waals surface area (Å²) >= 11 is 0. The summed E-state index contributed by atoms with van der Waals surface area (Å²) in [5, 5.41) is 0. The number of carbonyl (C=O) groups is 2. The zero-order valence-electron chi connectivity index (χ0n) is 16.3. The van der Waals surface area contributed by atoms with Crippen molar-refractivity contribution in [2.24, 2.45) is 0 Å². The summed E-state index contributed by atoms with van der Waals surface area (Å²) in [6.07, 6.45) is 0. The summed E-state index contributed by atoms with van der Waals surface area (Å²) in [7, 11) is 0. The van der Waals surface area contributed by atoms with Crippen LogP contribution < -0.4 is 4.90 Å². The summed E-state index contributed by atoms with van der Waals surface area (Å²) in [5.41, 5.74) is 1.56. The van der Waals surface area contributed by atoms with E-state index >= 15 is 0 Å². The van der Waals surface area contributed by atoms with E-state index in [9.17, 15) is 14.0 Å². The minimum atomic E-state index is -0.248. The fraction of sp³-hybridized carbons (Fsp3) is 0.364. The van der Waals surface area contributed by atoms with Gasteiger partial charge in [-0.05, 0) is 24.6 Å². The highest BCUT2D eigenvalue weighted by Crippen LogP contribution is 2.22. The van der Waals surface area contributed by atoms with E-state index in [2.05, 4.69) is 0 Å². The lowest BCUT2D eigenvalue weighted by Gasteiger charge is -2.37. The van der Waals surface area contributed by atoms with Gasteiger partial charge in [-0.15, -0.1) is 0 Å². The van der Waals surface area contributed by atoms with E-state index < -0.39 is 0 Å². The highest BCUT2D eigenvalue weighted by molar-refractivity contribution is 5.84. The van der Waals surface area contributed by atoms with Gasteiger partial charge in [-0.3, -0.25) is 9.59 Å². The van der Waals surface area contributed by atoms with E-state index in [0.29, 0.717) is 31.9 Å². The van der Waals surface area contributed by atoms with E-state index in [1.807, 2.05) is 48.2 Å². The molecule has 148 valence electrons. The van der Waals surface area contributed by atoms with Crippen LogP contribution in [-0.4, -0.2) is 54.3 Å². The van der Waals surface area contributed by atoms with Crippen molar-refractivity contribution in [1.29, 1.82) is 0 Å². The van der Waals surface area contributed by atoms with Crippen molar-refractivity contribution in [3.63, 3.8) is 0 Å². The van der Waals surface area contributed by atoms with Crippen LogP contribution in [0.5, 0.6) is 0 Å². The minimum absolute atomic E-state index is 0.0467. The largest absolute Gasteiger partial charge is 0.366 e. The molecule has 0 radical (unpaired) electrons. The molecule has 6 heteroatoms. The van der Waals surface area contributed by atoms with E-state index in [0.717, 1.165) is 5.56 Å². The lowest BCUT2D eigenvalue weighted by Crippen LogP contribution is -2.52. The summed E-state index contributed by atoms with van der Waals surface area (Å²) in [4.78, 5) is 30.3. The van der Waals surface area contributed by atoms with Crippen LogP contribution in [0.15, 0.2) is 54.6 Å². The molecule has 0 spiro atoms. The number of amides is 2. The molecule has 1 heterocycles. The number of carbonyl (C=O) groups excluding carboxylic acids is 2. The molecule has 5 nitrogen and oxygen atoms in total. The first-order valence-corrected chi connectivity index (χ1v) is 9.57. The molecule has 1 atom stereocenters. The van der Waals surface area contributed by atoms with E-state index in [4.69, 9.17) is 0 Å². The molecule has 0 saturated carbocycles. The maximum Gasteiger partial charge on any atom is 0.242 e. The van der Waals surface area contributed by atoms with Crippen molar-refractivity contribution >= 4 is 17.5 Å². The fourth-order valence-electron chi connectivity index (χ4n) is 3.58. The minimum Gasteiger partial charge on any atom is -0.366 e. The summed E-state index contributed by atoms with van der Waals surface area (Å²) in [6.45, 7) is 5.63. The molecule has 2 aromatic rings. The fourth-order valence-corrected chi connectivity index (χ4v) is 3.58. The quantitative estimate of drug-likeness (QED) is 0.797. The second-order valence-electron chi connectivity index (χ2n) is 7.05. The number of piperazine rings is 1. The standard InChI is InChI=1S/C22H26FN3O2/c1-17(19-8-4-3-5-9-19)26(18(2)27)16-22(28)25-14-12-24(13-15-25)21-11-7-6-10-20(21)23/h3-11,17H,12-16H2,1-2H3. The van der Waals surface area contributed by atoms with Gasteiger partial charge >= 0.3 is 0 Å². The topological polar surface area (TPSA) is 43.9 Å². The van der Waals surface area contributed by atoms with Crippen molar-refractivity contribution < 1.29 is 14.0 Å². The van der Waals surface area contributed by atoms with Gasteiger partial charge in [0.1, 0.15) is 12.4 Å². The normalized spacial score (nSPS) is 15.2. The molecule has 1 saturated heterocycles. The molecule has 0 aromatic heterocycles. The number of hydrogen-bond donors (Lipinski definition) is 0. The zero-order chi connectivity index (χ0) is 20.1. The number of benzene rings is 2. The average Bonchev–Trinajstić information content (AvgIpc) is 2.72. The van der Waals surface area contributed by atoms with Crippen molar-refractivity contribution in [3.05, 3.63) is 66.0 Å². The second-order valence-corrected chi connectivity index (χ2v) is 7.05. The van der Waals surface area contributed by atoms with Crippen LogP contribution in [-0.2, 0) is 9.59 Å². The second kappa shape index (κ2) is 8.87. The van der Waals surface area contributed by atoms with Gasteiger partial charge in [-0.2, -0.15) is 0 Å². The number of hydrogen-bond acceptors (Lipinski definition) is 3. The predicted octanol–water partition coefficient (Wildman–Crippen LogP) is 3.08. The molecule has 3 rings (SSSR count). The van der Waals surface area contributed by atoms with Gasteiger partial charge in [0.05, 0.1) is 11.7 Å². The molecular weight excluding hydrogens is 357 g/mol. The monoisotopic (exact) mass is 383 g/mol. The SMILES string of the molecule is CC(=O)N(CC(=O)N1CCN(c2ccccc2F)CC1)C(C)c1ccccc1. The van der Waals surface area contributed by atoms with Gasteiger partial charge < -0.3 is 14.7 Å². The molecule has 0 N–H and O–H groups in total. The Morgan fingerprint density at radius 2 is 1.61 bits per heavy atom. The van der Waals surface area contributed by atoms with Crippen molar-refractivity contribution in [3.8, 4) is 0 Å². The number of halogens is 1.